The van der Waals surface area contributed by atoms with Crippen LogP contribution >= 0.6 is 15.2 Å². The summed E-state index contributed by atoms with van der Waals surface area (Å²) in [4.78, 5) is 43.8. The molecule has 0 saturated carbocycles. The Hall–Kier alpha value is -0.840. The summed E-state index contributed by atoms with van der Waals surface area (Å²) in [6.07, 6.45) is -0.909. The van der Waals surface area contributed by atoms with Gasteiger partial charge in [-0.05, 0) is 54.5 Å². The van der Waals surface area contributed by atoms with Gasteiger partial charge in [0, 0.05) is 6.42 Å². The normalized spacial score (nSPS) is 18.6. The van der Waals surface area contributed by atoms with Gasteiger partial charge < -0.3 is 30.1 Å². The molecule has 0 heterocycles. The van der Waals surface area contributed by atoms with E-state index in [2.05, 4.69) is 9.05 Å². The van der Waals surface area contributed by atoms with Crippen molar-refractivity contribution in [2.24, 2.45) is 16.6 Å². The van der Waals surface area contributed by atoms with E-state index < -0.39 is 63.1 Å². The maximum absolute atomic E-state index is 12.6. The van der Waals surface area contributed by atoms with E-state index in [9.17, 15) is 33.6 Å². The Morgan fingerprint density at radius 1 is 0.833 bits per heavy atom. The average Bonchev–Trinajstić information content (AvgIpc) is 2.57. The predicted molar refractivity (Wildman–Crippen MR) is 106 cm³/mol. The molecular formula is C16H33NO11P2. The highest BCUT2D eigenvalue weighted by molar-refractivity contribution is 7.72. The lowest BCUT2D eigenvalue weighted by Gasteiger charge is -2.34. The Labute approximate surface area is 176 Å². The van der Waals surface area contributed by atoms with E-state index in [0.717, 1.165) is 0 Å². The summed E-state index contributed by atoms with van der Waals surface area (Å²) in [7, 11) is -10.7. The van der Waals surface area contributed by atoms with Crippen molar-refractivity contribution in [1.82, 2.24) is 0 Å². The molecule has 0 radical (unpaired) electrons. The van der Waals surface area contributed by atoms with Crippen LogP contribution in [0.15, 0.2) is 0 Å². The van der Waals surface area contributed by atoms with Gasteiger partial charge >= 0.3 is 27.1 Å². The van der Waals surface area contributed by atoms with Gasteiger partial charge in [-0.2, -0.15) is 0 Å². The molecule has 0 aliphatic rings. The molecule has 0 bridgehead atoms. The van der Waals surface area contributed by atoms with Gasteiger partial charge in [0.15, 0.2) is 0 Å². The molecule has 0 aromatic rings. The molecule has 2 atom stereocenters. The van der Waals surface area contributed by atoms with Crippen LogP contribution in [0.4, 0.5) is 0 Å². The van der Waals surface area contributed by atoms with Crippen molar-refractivity contribution < 1.29 is 52.1 Å². The van der Waals surface area contributed by atoms with Gasteiger partial charge in [-0.1, -0.05) is 0 Å². The summed E-state index contributed by atoms with van der Waals surface area (Å²) in [6.45, 7) is 6.95. The van der Waals surface area contributed by atoms with Crippen molar-refractivity contribution in [3.63, 3.8) is 0 Å². The molecule has 30 heavy (non-hydrogen) atoms. The summed E-state index contributed by atoms with van der Waals surface area (Å²) >= 11 is 0. The molecule has 0 spiro atoms. The summed E-state index contributed by atoms with van der Waals surface area (Å²) in [5.74, 6) is -1.55. The van der Waals surface area contributed by atoms with E-state index in [1.165, 1.54) is 41.5 Å². The minimum Gasteiger partial charge on any atom is -0.438 e. The standard InChI is InChI=1S/C16H33NO11P2/c1-14(2,3)12(18)25-10-27-29(21,22)16(20,8-7-9-17)30(23,24)28-11-26-13(19)15(4,5)6/h20H,7-11,17H2,1-6H3,(H,21,22)(H,23,24). The molecule has 12 nitrogen and oxygen atoms in total. The van der Waals surface area contributed by atoms with Crippen LogP contribution in [0, 0.1) is 10.8 Å². The molecule has 0 amide bonds. The van der Waals surface area contributed by atoms with E-state index in [0.29, 0.717) is 0 Å². The van der Waals surface area contributed by atoms with Crippen LogP contribution in [-0.2, 0) is 37.2 Å². The van der Waals surface area contributed by atoms with E-state index >= 15 is 0 Å². The number of hydrogen-bond acceptors (Lipinski definition) is 10. The summed E-state index contributed by atoms with van der Waals surface area (Å²) in [6, 6.07) is 0. The van der Waals surface area contributed by atoms with Crippen LogP contribution in [0.5, 0.6) is 0 Å². The fourth-order valence-electron chi connectivity index (χ4n) is 1.72. The monoisotopic (exact) mass is 477 g/mol. The Morgan fingerprint density at radius 3 is 1.43 bits per heavy atom. The Kier molecular flexibility index (Phi) is 10.4. The van der Waals surface area contributed by atoms with Gasteiger partial charge in [-0.15, -0.1) is 0 Å². The molecular weight excluding hydrogens is 444 g/mol. The minimum atomic E-state index is -5.33. The molecule has 2 unspecified atom stereocenters. The predicted octanol–water partition coefficient (Wildman–Crippen LogP) is 1.87. The molecule has 5 N–H and O–H groups in total. The summed E-state index contributed by atoms with van der Waals surface area (Å²) in [5.41, 5.74) is 3.44. The number of carbonyl (C=O) groups excluding carboxylic acids is 2. The highest BCUT2D eigenvalue weighted by atomic mass is 31.2. The third kappa shape index (κ3) is 8.01. The first kappa shape index (κ1) is 29.2. The SMILES string of the molecule is CC(C)(C)C(=O)OCOP(=O)(O)C(O)(CCCN)P(=O)(O)OCOC(=O)C(C)(C)C. The van der Waals surface area contributed by atoms with E-state index in [1.54, 1.807) is 0 Å². The van der Waals surface area contributed by atoms with Crippen molar-refractivity contribution in [3.05, 3.63) is 0 Å². The topological polar surface area (TPSA) is 192 Å². The first-order valence-corrected chi connectivity index (χ1v) is 12.2. The average molecular weight is 477 g/mol. The second kappa shape index (κ2) is 10.7. The largest absolute Gasteiger partial charge is 0.438 e. The van der Waals surface area contributed by atoms with Crippen LogP contribution in [0.1, 0.15) is 54.4 Å². The van der Waals surface area contributed by atoms with Crippen molar-refractivity contribution in [2.75, 3.05) is 20.1 Å². The van der Waals surface area contributed by atoms with Gasteiger partial charge in [0.25, 0.3) is 5.08 Å². The molecule has 0 aromatic carbocycles. The van der Waals surface area contributed by atoms with Gasteiger partial charge in [0.1, 0.15) is 0 Å². The first-order valence-electron chi connectivity index (χ1n) is 9.03. The minimum absolute atomic E-state index is 0.0969. The molecule has 178 valence electrons. The molecule has 14 heteroatoms. The number of hydrogen-bond donors (Lipinski definition) is 4. The van der Waals surface area contributed by atoms with Crippen LogP contribution < -0.4 is 5.73 Å². The lowest BCUT2D eigenvalue weighted by Crippen LogP contribution is -2.33. The first-order chi connectivity index (χ1) is 13.3. The van der Waals surface area contributed by atoms with Crippen molar-refractivity contribution >= 4 is 27.1 Å². The third-order valence-corrected chi connectivity index (χ3v) is 8.37. The van der Waals surface area contributed by atoms with Gasteiger partial charge in [-0.25, -0.2) is 0 Å². The molecule has 0 aromatic heterocycles. The number of aliphatic hydroxyl groups is 1. The number of rotatable bonds is 11. The van der Waals surface area contributed by atoms with E-state index in [4.69, 9.17) is 15.2 Å². The van der Waals surface area contributed by atoms with Crippen LogP contribution in [0.3, 0.4) is 0 Å². The van der Waals surface area contributed by atoms with Crippen molar-refractivity contribution in [1.29, 1.82) is 0 Å². The second-order valence-electron chi connectivity index (χ2n) is 8.56. The fourth-order valence-corrected chi connectivity index (χ4v) is 5.03. The lowest BCUT2D eigenvalue weighted by molar-refractivity contribution is -0.160. The van der Waals surface area contributed by atoms with Crippen molar-refractivity contribution in [2.45, 2.75) is 59.5 Å². The molecule has 0 aliphatic heterocycles. The van der Waals surface area contributed by atoms with Gasteiger partial charge in [0.05, 0.1) is 10.8 Å². The number of carbonyl (C=O) groups is 2. The van der Waals surface area contributed by atoms with Crippen LogP contribution in [0.2, 0.25) is 0 Å². The molecule has 0 aliphatic carbocycles. The summed E-state index contributed by atoms with van der Waals surface area (Å²) in [5, 5.41) is 7.33. The lowest BCUT2D eigenvalue weighted by atomic mass is 9.98. The Bertz CT molecular complexity index is 644. The molecule has 0 saturated heterocycles. The number of ether oxygens (including phenoxy) is 2. The van der Waals surface area contributed by atoms with Crippen LogP contribution in [-0.4, -0.2) is 52.0 Å². The maximum Gasteiger partial charge on any atom is 0.374 e. The van der Waals surface area contributed by atoms with E-state index in [1.807, 2.05) is 0 Å². The summed E-state index contributed by atoms with van der Waals surface area (Å²) < 4.78 is 43.8. The zero-order valence-electron chi connectivity index (χ0n) is 18.1. The molecule has 0 rings (SSSR count). The second-order valence-corrected chi connectivity index (χ2v) is 13.0. The van der Waals surface area contributed by atoms with Crippen molar-refractivity contribution in [3.8, 4) is 0 Å². The maximum atomic E-state index is 12.6. The smallest absolute Gasteiger partial charge is 0.374 e. The Balaban J connectivity index is 5.41. The highest BCUT2D eigenvalue weighted by Crippen LogP contribution is 2.73. The molecule has 0 fully saturated rings. The number of nitrogens with two attached hydrogens (primary N) is 1. The third-order valence-electron chi connectivity index (χ3n) is 3.68. The Morgan fingerprint density at radius 2 is 1.17 bits per heavy atom. The highest BCUT2D eigenvalue weighted by Gasteiger charge is 2.62. The zero-order chi connectivity index (χ0) is 24.0. The van der Waals surface area contributed by atoms with E-state index in [-0.39, 0.29) is 13.0 Å². The fraction of sp³-hybridized carbons (Fsp3) is 0.875. The van der Waals surface area contributed by atoms with Crippen LogP contribution in [0.25, 0.3) is 0 Å². The quantitative estimate of drug-likeness (QED) is 0.192. The number of esters is 2. The zero-order valence-corrected chi connectivity index (χ0v) is 19.9. The van der Waals surface area contributed by atoms with Gasteiger partial charge in [-0.3, -0.25) is 27.8 Å². The van der Waals surface area contributed by atoms with Gasteiger partial charge in [0.2, 0.25) is 13.6 Å².